The molecule has 0 bridgehead atoms. The molecule has 0 radical (unpaired) electrons. The second-order valence-electron chi connectivity index (χ2n) is 3.13. The number of halogens is 1. The highest BCUT2D eigenvalue weighted by molar-refractivity contribution is 6.33. The molecule has 0 aliphatic heterocycles. The molecule has 0 aliphatic rings. The number of aromatic nitrogens is 2. The Morgan fingerprint density at radius 3 is 2.94 bits per heavy atom. The van der Waals surface area contributed by atoms with Gasteiger partial charge in [-0.15, -0.1) is 0 Å². The molecule has 82 valence electrons. The van der Waals surface area contributed by atoms with Crippen LogP contribution >= 0.6 is 11.6 Å². The Balaban J connectivity index is 2.18. The third kappa shape index (κ3) is 2.14. The minimum Gasteiger partial charge on any atom is -0.398 e. The molecule has 1 heterocycles. The van der Waals surface area contributed by atoms with Crippen molar-refractivity contribution in [1.82, 2.24) is 9.97 Å². The number of nitrogens with two attached hydrogens (primary N) is 1. The Kier molecular flexibility index (Phi) is 2.78. The summed E-state index contributed by atoms with van der Waals surface area (Å²) in [7, 11) is 0. The van der Waals surface area contributed by atoms with Gasteiger partial charge in [0, 0.05) is 18.0 Å². The molecule has 0 aliphatic carbocycles. The van der Waals surface area contributed by atoms with Gasteiger partial charge in [0.25, 0.3) is 5.91 Å². The van der Waals surface area contributed by atoms with Crippen molar-refractivity contribution in [2.75, 3.05) is 11.1 Å². The molecule has 0 spiro atoms. The monoisotopic (exact) mass is 236 g/mol. The molecule has 2 aromatic rings. The zero-order valence-electron chi connectivity index (χ0n) is 8.20. The van der Waals surface area contributed by atoms with Crippen LogP contribution in [0.15, 0.2) is 30.6 Å². The Morgan fingerprint density at radius 2 is 2.31 bits per heavy atom. The average Bonchev–Trinajstić information content (AvgIpc) is 2.74. The van der Waals surface area contributed by atoms with Gasteiger partial charge >= 0.3 is 0 Å². The summed E-state index contributed by atoms with van der Waals surface area (Å²) >= 11 is 5.75. The largest absolute Gasteiger partial charge is 0.398 e. The van der Waals surface area contributed by atoms with Crippen molar-refractivity contribution in [3.63, 3.8) is 0 Å². The summed E-state index contributed by atoms with van der Waals surface area (Å²) in [5, 5.41) is 3.01. The van der Waals surface area contributed by atoms with Crippen LogP contribution in [0.4, 0.5) is 11.6 Å². The summed E-state index contributed by atoms with van der Waals surface area (Å²) in [5.74, 6) is 0.0943. The van der Waals surface area contributed by atoms with E-state index >= 15 is 0 Å². The van der Waals surface area contributed by atoms with Crippen molar-refractivity contribution in [1.29, 1.82) is 0 Å². The molecular formula is C10H9ClN4O. The zero-order valence-corrected chi connectivity index (χ0v) is 8.95. The highest BCUT2D eigenvalue weighted by atomic mass is 35.5. The number of rotatable bonds is 2. The summed E-state index contributed by atoms with van der Waals surface area (Å²) < 4.78 is 0. The van der Waals surface area contributed by atoms with E-state index in [0.717, 1.165) is 0 Å². The van der Waals surface area contributed by atoms with Crippen molar-refractivity contribution in [3.8, 4) is 0 Å². The molecule has 5 nitrogen and oxygen atoms in total. The van der Waals surface area contributed by atoms with E-state index in [1.165, 1.54) is 6.07 Å². The van der Waals surface area contributed by atoms with E-state index in [1.54, 1.807) is 24.5 Å². The number of hydrogen-bond donors (Lipinski definition) is 3. The standard InChI is InChI=1S/C10H9ClN4O/c11-7-2-1-6(5-8(7)12)9(16)15-10-13-3-4-14-10/h1-5H,12H2,(H2,13,14,15,16). The zero-order chi connectivity index (χ0) is 11.5. The number of aromatic amines is 1. The molecule has 16 heavy (non-hydrogen) atoms. The SMILES string of the molecule is Nc1cc(C(=O)Nc2ncc[nH]2)ccc1Cl. The van der Waals surface area contributed by atoms with E-state index in [0.29, 0.717) is 22.2 Å². The van der Waals surface area contributed by atoms with Crippen LogP contribution in [0, 0.1) is 0 Å². The van der Waals surface area contributed by atoms with Crippen molar-refractivity contribution < 1.29 is 4.79 Å². The van der Waals surface area contributed by atoms with Gasteiger partial charge in [0.2, 0.25) is 5.95 Å². The second-order valence-corrected chi connectivity index (χ2v) is 3.54. The molecule has 1 amide bonds. The van der Waals surface area contributed by atoms with E-state index in [-0.39, 0.29) is 5.91 Å². The van der Waals surface area contributed by atoms with Crippen LogP contribution in [-0.2, 0) is 0 Å². The Morgan fingerprint density at radius 1 is 1.50 bits per heavy atom. The molecule has 1 aromatic heterocycles. The fourth-order valence-electron chi connectivity index (χ4n) is 1.20. The molecule has 0 unspecified atom stereocenters. The number of nitrogens with zero attached hydrogens (tertiary/aromatic N) is 1. The molecule has 0 fully saturated rings. The van der Waals surface area contributed by atoms with E-state index < -0.39 is 0 Å². The van der Waals surface area contributed by atoms with Crippen LogP contribution in [0.3, 0.4) is 0 Å². The molecule has 1 aromatic carbocycles. The lowest BCUT2D eigenvalue weighted by atomic mass is 10.2. The maximum atomic E-state index is 11.7. The third-order valence-corrected chi connectivity index (χ3v) is 2.33. The van der Waals surface area contributed by atoms with Gasteiger partial charge in [0.05, 0.1) is 10.7 Å². The Hall–Kier alpha value is -2.01. The van der Waals surface area contributed by atoms with Gasteiger partial charge in [-0.1, -0.05) is 11.6 Å². The van der Waals surface area contributed by atoms with Gasteiger partial charge in [0.1, 0.15) is 0 Å². The topological polar surface area (TPSA) is 83.8 Å². The number of nitrogen functional groups attached to an aromatic ring is 1. The summed E-state index contributed by atoms with van der Waals surface area (Å²) in [6.45, 7) is 0. The quantitative estimate of drug-likeness (QED) is 0.697. The van der Waals surface area contributed by atoms with Gasteiger partial charge in [0.15, 0.2) is 0 Å². The van der Waals surface area contributed by atoms with Crippen molar-refractivity contribution >= 4 is 29.1 Å². The first-order valence-electron chi connectivity index (χ1n) is 4.52. The third-order valence-electron chi connectivity index (χ3n) is 1.99. The lowest BCUT2D eigenvalue weighted by Gasteiger charge is -2.03. The molecule has 0 saturated carbocycles. The number of amides is 1. The van der Waals surface area contributed by atoms with Gasteiger partial charge < -0.3 is 10.7 Å². The number of benzene rings is 1. The number of carbonyl (C=O) groups is 1. The summed E-state index contributed by atoms with van der Waals surface area (Å²) in [5.41, 5.74) is 6.39. The smallest absolute Gasteiger partial charge is 0.258 e. The Labute approximate surface area is 96.6 Å². The highest BCUT2D eigenvalue weighted by Crippen LogP contribution is 2.19. The summed E-state index contributed by atoms with van der Waals surface area (Å²) in [6.07, 6.45) is 3.16. The van der Waals surface area contributed by atoms with Crippen molar-refractivity contribution in [2.24, 2.45) is 0 Å². The summed E-state index contributed by atoms with van der Waals surface area (Å²) in [4.78, 5) is 18.3. The van der Waals surface area contributed by atoms with Gasteiger partial charge in [-0.2, -0.15) is 0 Å². The molecular weight excluding hydrogens is 228 g/mol. The minimum absolute atomic E-state index is 0.293. The van der Waals surface area contributed by atoms with Crippen LogP contribution in [0.2, 0.25) is 5.02 Å². The van der Waals surface area contributed by atoms with Crippen molar-refractivity contribution in [3.05, 3.63) is 41.2 Å². The van der Waals surface area contributed by atoms with E-state index in [1.807, 2.05) is 0 Å². The fraction of sp³-hybridized carbons (Fsp3) is 0. The maximum Gasteiger partial charge on any atom is 0.258 e. The van der Waals surface area contributed by atoms with Crippen LogP contribution in [0.25, 0.3) is 0 Å². The number of nitrogens with one attached hydrogen (secondary N) is 2. The number of hydrogen-bond acceptors (Lipinski definition) is 3. The molecule has 0 atom stereocenters. The predicted octanol–water partition coefficient (Wildman–Crippen LogP) is 1.90. The second kappa shape index (κ2) is 4.24. The molecule has 4 N–H and O–H groups in total. The molecule has 0 saturated heterocycles. The molecule has 6 heteroatoms. The number of anilines is 2. The normalized spacial score (nSPS) is 10.1. The highest BCUT2D eigenvalue weighted by Gasteiger charge is 2.08. The van der Waals surface area contributed by atoms with Gasteiger partial charge in [-0.3, -0.25) is 10.1 Å². The lowest BCUT2D eigenvalue weighted by molar-refractivity contribution is 0.102. The first-order valence-corrected chi connectivity index (χ1v) is 4.90. The van der Waals surface area contributed by atoms with E-state index in [9.17, 15) is 4.79 Å². The fourth-order valence-corrected chi connectivity index (χ4v) is 1.32. The lowest BCUT2D eigenvalue weighted by Crippen LogP contribution is -2.13. The number of imidazole rings is 1. The number of carbonyl (C=O) groups excluding carboxylic acids is 1. The van der Waals surface area contributed by atoms with Gasteiger partial charge in [-0.05, 0) is 18.2 Å². The van der Waals surface area contributed by atoms with Crippen LogP contribution in [0.1, 0.15) is 10.4 Å². The van der Waals surface area contributed by atoms with E-state index in [4.69, 9.17) is 17.3 Å². The maximum absolute atomic E-state index is 11.7. The predicted molar refractivity (Wildman–Crippen MR) is 62.4 cm³/mol. The summed E-state index contributed by atoms with van der Waals surface area (Å²) in [6, 6.07) is 4.69. The minimum atomic E-state index is -0.293. The van der Waals surface area contributed by atoms with Crippen molar-refractivity contribution in [2.45, 2.75) is 0 Å². The van der Waals surface area contributed by atoms with E-state index in [2.05, 4.69) is 15.3 Å². The first kappa shape index (κ1) is 10.5. The van der Waals surface area contributed by atoms with Crippen LogP contribution < -0.4 is 11.1 Å². The van der Waals surface area contributed by atoms with Crippen LogP contribution in [0.5, 0.6) is 0 Å². The first-order chi connectivity index (χ1) is 7.66. The molecule has 2 rings (SSSR count). The average molecular weight is 237 g/mol. The number of H-pyrrole nitrogens is 1. The van der Waals surface area contributed by atoms with Gasteiger partial charge in [-0.25, -0.2) is 4.98 Å². The Bertz CT molecular complexity index is 510. The van der Waals surface area contributed by atoms with Crippen LogP contribution in [-0.4, -0.2) is 15.9 Å².